The number of halogens is 1. The second kappa shape index (κ2) is 4.00. The van der Waals surface area contributed by atoms with Crippen molar-refractivity contribution < 1.29 is 4.74 Å². The van der Waals surface area contributed by atoms with Crippen LogP contribution in [0.4, 0.5) is 5.82 Å². The molecule has 0 amide bonds. The minimum Gasteiger partial charge on any atom is -0.467 e. The highest BCUT2D eigenvalue weighted by Crippen LogP contribution is 2.26. The van der Waals surface area contributed by atoms with E-state index in [0.29, 0.717) is 22.9 Å². The van der Waals surface area contributed by atoms with Crippen LogP contribution >= 0.6 is 11.6 Å². The summed E-state index contributed by atoms with van der Waals surface area (Å²) in [6.07, 6.45) is 5.19. The summed E-state index contributed by atoms with van der Waals surface area (Å²) in [4.78, 5) is 8.04. The SMILES string of the molecule is COc1ncc(Cl)c(NC2CCC2)n1. The normalized spacial score (nSPS) is 16.1. The van der Waals surface area contributed by atoms with E-state index < -0.39 is 0 Å². The second-order valence-corrected chi connectivity index (χ2v) is 3.73. The molecule has 0 radical (unpaired) electrons. The Hall–Kier alpha value is -1.03. The Bertz CT molecular complexity index is 328. The largest absolute Gasteiger partial charge is 0.467 e. The van der Waals surface area contributed by atoms with Gasteiger partial charge in [0, 0.05) is 6.04 Å². The van der Waals surface area contributed by atoms with E-state index in [0.717, 1.165) is 0 Å². The lowest BCUT2D eigenvalue weighted by Crippen LogP contribution is -2.27. The molecule has 1 aromatic heterocycles. The molecule has 0 bridgehead atoms. The van der Waals surface area contributed by atoms with Crippen LogP contribution in [0.15, 0.2) is 6.20 Å². The fourth-order valence-corrected chi connectivity index (χ4v) is 1.44. The summed E-state index contributed by atoms with van der Waals surface area (Å²) in [5.74, 6) is 0.670. The molecular formula is C9H12ClN3O. The number of ether oxygens (including phenoxy) is 1. The summed E-state index contributed by atoms with van der Waals surface area (Å²) in [6.45, 7) is 0. The van der Waals surface area contributed by atoms with Gasteiger partial charge in [0.05, 0.1) is 13.3 Å². The molecule has 1 aliphatic rings. The van der Waals surface area contributed by atoms with Gasteiger partial charge in [-0.3, -0.25) is 0 Å². The molecule has 14 heavy (non-hydrogen) atoms. The molecule has 76 valence electrons. The predicted octanol–water partition coefficient (Wildman–Crippen LogP) is 2.10. The van der Waals surface area contributed by atoms with Crippen LogP contribution in [-0.2, 0) is 0 Å². The van der Waals surface area contributed by atoms with Crippen molar-refractivity contribution in [1.29, 1.82) is 0 Å². The van der Waals surface area contributed by atoms with Gasteiger partial charge < -0.3 is 10.1 Å². The summed E-state index contributed by atoms with van der Waals surface area (Å²) in [5.41, 5.74) is 0. The van der Waals surface area contributed by atoms with Crippen molar-refractivity contribution in [2.75, 3.05) is 12.4 Å². The van der Waals surface area contributed by atoms with Crippen LogP contribution in [0.5, 0.6) is 6.01 Å². The smallest absolute Gasteiger partial charge is 0.318 e. The standard InChI is InChI=1S/C9H12ClN3O/c1-14-9-11-5-7(10)8(13-9)12-6-3-2-4-6/h5-6H,2-4H2,1H3,(H,11,12,13). The van der Waals surface area contributed by atoms with Gasteiger partial charge in [0.1, 0.15) is 5.02 Å². The van der Waals surface area contributed by atoms with Crippen molar-refractivity contribution in [2.45, 2.75) is 25.3 Å². The van der Waals surface area contributed by atoms with Crippen LogP contribution in [0.25, 0.3) is 0 Å². The van der Waals surface area contributed by atoms with Crippen molar-refractivity contribution >= 4 is 17.4 Å². The van der Waals surface area contributed by atoms with E-state index >= 15 is 0 Å². The maximum Gasteiger partial charge on any atom is 0.318 e. The van der Waals surface area contributed by atoms with Crippen molar-refractivity contribution in [1.82, 2.24) is 9.97 Å². The third kappa shape index (κ3) is 1.90. The third-order valence-electron chi connectivity index (χ3n) is 2.35. The van der Waals surface area contributed by atoms with Crippen molar-refractivity contribution in [2.24, 2.45) is 0 Å². The number of rotatable bonds is 3. The van der Waals surface area contributed by atoms with Gasteiger partial charge in [-0.2, -0.15) is 4.98 Å². The summed E-state index contributed by atoms with van der Waals surface area (Å²) < 4.78 is 4.92. The molecule has 1 heterocycles. The molecule has 0 unspecified atom stereocenters. The first-order valence-electron chi connectivity index (χ1n) is 4.62. The molecule has 0 aliphatic heterocycles. The molecule has 1 aromatic rings. The van der Waals surface area contributed by atoms with Crippen LogP contribution < -0.4 is 10.1 Å². The van der Waals surface area contributed by atoms with E-state index in [1.807, 2.05) is 0 Å². The van der Waals surface area contributed by atoms with Gasteiger partial charge in [-0.05, 0) is 19.3 Å². The minimum absolute atomic E-state index is 0.344. The molecule has 4 nitrogen and oxygen atoms in total. The number of nitrogens with one attached hydrogen (secondary N) is 1. The van der Waals surface area contributed by atoms with Crippen LogP contribution in [0.3, 0.4) is 0 Å². The Labute approximate surface area is 87.7 Å². The van der Waals surface area contributed by atoms with E-state index in [1.165, 1.54) is 26.4 Å². The predicted molar refractivity (Wildman–Crippen MR) is 54.9 cm³/mol. The average Bonchev–Trinajstić information content (AvgIpc) is 2.14. The third-order valence-corrected chi connectivity index (χ3v) is 2.63. The highest BCUT2D eigenvalue weighted by molar-refractivity contribution is 6.32. The first-order valence-corrected chi connectivity index (χ1v) is 5.00. The van der Waals surface area contributed by atoms with Gasteiger partial charge in [0.2, 0.25) is 0 Å². The van der Waals surface area contributed by atoms with Crippen LogP contribution in [0.1, 0.15) is 19.3 Å². The highest BCUT2D eigenvalue weighted by atomic mass is 35.5. The van der Waals surface area contributed by atoms with E-state index in [4.69, 9.17) is 16.3 Å². The Morgan fingerprint density at radius 2 is 2.36 bits per heavy atom. The lowest BCUT2D eigenvalue weighted by molar-refractivity contribution is 0.379. The van der Waals surface area contributed by atoms with Gasteiger partial charge >= 0.3 is 6.01 Å². The molecule has 1 N–H and O–H groups in total. The van der Waals surface area contributed by atoms with Crippen molar-refractivity contribution in [3.63, 3.8) is 0 Å². The lowest BCUT2D eigenvalue weighted by Gasteiger charge is -2.27. The Balaban J connectivity index is 2.13. The molecule has 5 heteroatoms. The fraction of sp³-hybridized carbons (Fsp3) is 0.556. The molecular weight excluding hydrogens is 202 g/mol. The van der Waals surface area contributed by atoms with E-state index in [1.54, 1.807) is 6.20 Å². The van der Waals surface area contributed by atoms with Gasteiger partial charge in [0.25, 0.3) is 0 Å². The van der Waals surface area contributed by atoms with Gasteiger partial charge in [0.15, 0.2) is 5.82 Å². The maximum atomic E-state index is 5.94. The number of methoxy groups -OCH3 is 1. The minimum atomic E-state index is 0.344. The van der Waals surface area contributed by atoms with Gasteiger partial charge in [-0.25, -0.2) is 4.98 Å². The molecule has 2 rings (SSSR count). The summed E-state index contributed by atoms with van der Waals surface area (Å²) >= 11 is 5.94. The monoisotopic (exact) mass is 213 g/mol. The number of hydrogen-bond donors (Lipinski definition) is 1. The topological polar surface area (TPSA) is 47.0 Å². The molecule has 1 fully saturated rings. The first kappa shape index (κ1) is 9.52. The quantitative estimate of drug-likeness (QED) is 0.836. The van der Waals surface area contributed by atoms with Crippen molar-refractivity contribution in [3.05, 3.63) is 11.2 Å². The van der Waals surface area contributed by atoms with Crippen LogP contribution in [0.2, 0.25) is 5.02 Å². The molecule has 1 saturated carbocycles. The van der Waals surface area contributed by atoms with Gasteiger partial charge in [-0.15, -0.1) is 0 Å². The first-order chi connectivity index (χ1) is 6.79. The van der Waals surface area contributed by atoms with E-state index in [2.05, 4.69) is 15.3 Å². The van der Waals surface area contributed by atoms with Crippen LogP contribution in [0, 0.1) is 0 Å². The number of hydrogen-bond acceptors (Lipinski definition) is 4. The molecule has 0 spiro atoms. The van der Waals surface area contributed by atoms with E-state index in [9.17, 15) is 0 Å². The summed E-state index contributed by atoms with van der Waals surface area (Å²) in [6, 6.07) is 0.850. The average molecular weight is 214 g/mol. The highest BCUT2D eigenvalue weighted by Gasteiger charge is 2.19. The van der Waals surface area contributed by atoms with Gasteiger partial charge in [-0.1, -0.05) is 11.6 Å². The molecule has 1 aliphatic carbocycles. The Morgan fingerprint density at radius 3 is 2.93 bits per heavy atom. The fourth-order valence-electron chi connectivity index (χ4n) is 1.30. The number of anilines is 1. The zero-order valence-electron chi connectivity index (χ0n) is 7.96. The molecule has 0 atom stereocenters. The Morgan fingerprint density at radius 1 is 1.57 bits per heavy atom. The summed E-state index contributed by atoms with van der Waals surface area (Å²) in [7, 11) is 1.54. The second-order valence-electron chi connectivity index (χ2n) is 3.33. The zero-order chi connectivity index (χ0) is 9.97. The number of aromatic nitrogens is 2. The maximum absolute atomic E-state index is 5.94. The molecule has 0 saturated heterocycles. The molecule has 0 aromatic carbocycles. The Kier molecular flexibility index (Phi) is 2.72. The number of nitrogens with zero attached hydrogens (tertiary/aromatic N) is 2. The van der Waals surface area contributed by atoms with E-state index in [-0.39, 0.29) is 0 Å². The lowest BCUT2D eigenvalue weighted by atomic mass is 9.93. The van der Waals surface area contributed by atoms with Crippen molar-refractivity contribution in [3.8, 4) is 6.01 Å². The summed E-state index contributed by atoms with van der Waals surface area (Å²) in [5, 5.41) is 3.80. The van der Waals surface area contributed by atoms with Crippen LogP contribution in [-0.4, -0.2) is 23.1 Å². The zero-order valence-corrected chi connectivity index (χ0v) is 8.71.